The average molecular weight is 218 g/mol. The minimum atomic E-state index is 0.815. The van der Waals surface area contributed by atoms with Crippen LogP contribution in [0.1, 0.15) is 17.5 Å². The molecule has 2 aromatic rings. The molecule has 0 unspecified atom stereocenters. The fourth-order valence-corrected chi connectivity index (χ4v) is 2.24. The monoisotopic (exact) mass is 218 g/mol. The van der Waals surface area contributed by atoms with Crippen LogP contribution in [0.25, 0.3) is 11.3 Å². The van der Waals surface area contributed by atoms with Gasteiger partial charge in [0.05, 0.1) is 5.01 Å². The summed E-state index contributed by atoms with van der Waals surface area (Å²) in [6, 6.07) is 8.31. The van der Waals surface area contributed by atoms with E-state index in [2.05, 4.69) is 43.1 Å². The number of nitrogens with zero attached hydrogens (tertiary/aromatic N) is 1. The third-order valence-electron chi connectivity index (χ3n) is 2.33. The van der Waals surface area contributed by atoms with Crippen molar-refractivity contribution in [1.82, 2.24) is 4.98 Å². The van der Waals surface area contributed by atoms with Gasteiger partial charge >= 0.3 is 0 Å². The molecule has 3 heteroatoms. The van der Waals surface area contributed by atoms with Gasteiger partial charge in [-0.2, -0.15) is 0 Å². The van der Waals surface area contributed by atoms with Crippen LogP contribution in [0.3, 0.4) is 0 Å². The molecule has 15 heavy (non-hydrogen) atoms. The highest BCUT2D eigenvalue weighted by Crippen LogP contribution is 2.30. The first kappa shape index (κ1) is 10.2. The Hall–Kier alpha value is -1.35. The van der Waals surface area contributed by atoms with Crippen molar-refractivity contribution in [2.75, 3.05) is 5.73 Å². The number of aromatic nitrogens is 1. The van der Waals surface area contributed by atoms with Crippen LogP contribution in [0, 0.1) is 6.92 Å². The fourth-order valence-electron chi connectivity index (χ4n) is 1.45. The highest BCUT2D eigenvalue weighted by Gasteiger charge is 2.08. The van der Waals surface area contributed by atoms with Gasteiger partial charge in [-0.1, -0.05) is 36.8 Å². The minimum Gasteiger partial charge on any atom is -0.389 e. The summed E-state index contributed by atoms with van der Waals surface area (Å²) in [4.78, 5) is 4.52. The number of hydrogen-bond acceptors (Lipinski definition) is 3. The van der Waals surface area contributed by atoms with E-state index in [0.29, 0.717) is 0 Å². The molecule has 0 aliphatic heterocycles. The van der Waals surface area contributed by atoms with E-state index in [4.69, 9.17) is 5.73 Å². The van der Waals surface area contributed by atoms with Crippen molar-refractivity contribution in [2.24, 2.45) is 0 Å². The van der Waals surface area contributed by atoms with E-state index in [1.807, 2.05) is 0 Å². The molecule has 0 aliphatic carbocycles. The van der Waals surface area contributed by atoms with Crippen molar-refractivity contribution in [2.45, 2.75) is 20.3 Å². The van der Waals surface area contributed by atoms with Crippen molar-refractivity contribution in [3.63, 3.8) is 0 Å². The molecular formula is C12H14N2S. The van der Waals surface area contributed by atoms with Gasteiger partial charge in [0.1, 0.15) is 10.7 Å². The van der Waals surface area contributed by atoms with E-state index in [1.54, 1.807) is 11.3 Å². The molecule has 1 aromatic carbocycles. The molecule has 2 nitrogen and oxygen atoms in total. The summed E-state index contributed by atoms with van der Waals surface area (Å²) in [7, 11) is 0. The maximum Gasteiger partial charge on any atom is 0.114 e. The van der Waals surface area contributed by atoms with E-state index in [-0.39, 0.29) is 0 Å². The zero-order valence-electron chi connectivity index (χ0n) is 8.95. The highest BCUT2D eigenvalue weighted by molar-refractivity contribution is 7.16. The average Bonchev–Trinajstić information content (AvgIpc) is 2.61. The Morgan fingerprint density at radius 1 is 1.27 bits per heavy atom. The van der Waals surface area contributed by atoms with Crippen LogP contribution < -0.4 is 5.73 Å². The van der Waals surface area contributed by atoms with E-state index in [1.165, 1.54) is 5.56 Å². The molecule has 0 fully saturated rings. The van der Waals surface area contributed by atoms with Crippen molar-refractivity contribution in [1.29, 1.82) is 0 Å². The SMILES string of the molecule is CCc1nc(-c2ccc(C)cc2)c(N)s1. The Bertz CT molecular complexity index is 457. The van der Waals surface area contributed by atoms with Crippen LogP contribution in [-0.2, 0) is 6.42 Å². The molecular weight excluding hydrogens is 204 g/mol. The second-order valence-corrected chi connectivity index (χ2v) is 4.66. The third kappa shape index (κ3) is 2.02. The molecule has 1 heterocycles. The van der Waals surface area contributed by atoms with Crippen LogP contribution in [0.2, 0.25) is 0 Å². The molecule has 0 bridgehead atoms. The number of anilines is 1. The number of thiazole rings is 1. The molecule has 0 saturated carbocycles. The van der Waals surface area contributed by atoms with Gasteiger partial charge in [0.25, 0.3) is 0 Å². The maximum atomic E-state index is 5.94. The summed E-state index contributed by atoms with van der Waals surface area (Å²) < 4.78 is 0. The number of benzene rings is 1. The molecule has 0 saturated heterocycles. The number of hydrogen-bond donors (Lipinski definition) is 1. The van der Waals surface area contributed by atoms with Crippen molar-refractivity contribution >= 4 is 16.3 Å². The predicted molar refractivity (Wildman–Crippen MR) is 66.1 cm³/mol. The lowest BCUT2D eigenvalue weighted by Gasteiger charge is -1.98. The lowest BCUT2D eigenvalue weighted by molar-refractivity contribution is 1.10. The van der Waals surface area contributed by atoms with E-state index < -0.39 is 0 Å². The van der Waals surface area contributed by atoms with Gasteiger partial charge in [0.15, 0.2) is 0 Å². The number of nitrogens with two attached hydrogens (primary N) is 1. The number of nitrogen functional groups attached to an aromatic ring is 1. The first-order valence-corrected chi connectivity index (χ1v) is 5.84. The Labute approximate surface area is 93.8 Å². The fraction of sp³-hybridized carbons (Fsp3) is 0.250. The lowest BCUT2D eigenvalue weighted by atomic mass is 10.1. The topological polar surface area (TPSA) is 38.9 Å². The van der Waals surface area contributed by atoms with Crippen LogP contribution in [0.15, 0.2) is 24.3 Å². The van der Waals surface area contributed by atoms with Gasteiger partial charge in [-0.3, -0.25) is 0 Å². The van der Waals surface area contributed by atoms with Crippen LogP contribution >= 0.6 is 11.3 Å². The molecule has 0 atom stereocenters. The van der Waals surface area contributed by atoms with Crippen molar-refractivity contribution in [3.8, 4) is 11.3 Å². The summed E-state index contributed by atoms with van der Waals surface area (Å²) in [6.45, 7) is 4.17. The number of rotatable bonds is 2. The normalized spacial score (nSPS) is 10.5. The Morgan fingerprint density at radius 3 is 2.47 bits per heavy atom. The van der Waals surface area contributed by atoms with Gasteiger partial charge in [-0.05, 0) is 13.3 Å². The zero-order chi connectivity index (χ0) is 10.8. The summed E-state index contributed by atoms with van der Waals surface area (Å²) >= 11 is 1.58. The molecule has 2 rings (SSSR count). The smallest absolute Gasteiger partial charge is 0.114 e. The van der Waals surface area contributed by atoms with Crippen LogP contribution in [-0.4, -0.2) is 4.98 Å². The quantitative estimate of drug-likeness (QED) is 0.840. The zero-order valence-corrected chi connectivity index (χ0v) is 9.77. The highest BCUT2D eigenvalue weighted by atomic mass is 32.1. The summed E-state index contributed by atoms with van der Waals surface area (Å²) in [5, 5.41) is 1.92. The van der Waals surface area contributed by atoms with Crippen molar-refractivity contribution in [3.05, 3.63) is 34.8 Å². The van der Waals surface area contributed by atoms with E-state index in [9.17, 15) is 0 Å². The Kier molecular flexibility index (Phi) is 2.73. The Morgan fingerprint density at radius 2 is 1.93 bits per heavy atom. The number of aryl methyl sites for hydroxylation is 2. The van der Waals surface area contributed by atoms with E-state index >= 15 is 0 Å². The summed E-state index contributed by atoms with van der Waals surface area (Å²) in [5.74, 6) is 0. The lowest BCUT2D eigenvalue weighted by Crippen LogP contribution is -1.86. The first-order valence-electron chi connectivity index (χ1n) is 5.03. The van der Waals surface area contributed by atoms with Gasteiger partial charge in [-0.15, -0.1) is 11.3 Å². The molecule has 0 aliphatic rings. The largest absolute Gasteiger partial charge is 0.389 e. The first-order chi connectivity index (χ1) is 7.20. The van der Waals surface area contributed by atoms with Crippen LogP contribution in [0.5, 0.6) is 0 Å². The Balaban J connectivity index is 2.44. The summed E-state index contributed by atoms with van der Waals surface area (Å²) in [6.07, 6.45) is 0.945. The minimum absolute atomic E-state index is 0.815. The summed E-state index contributed by atoms with van der Waals surface area (Å²) in [5.41, 5.74) is 9.23. The second kappa shape index (κ2) is 4.03. The third-order valence-corrected chi connectivity index (χ3v) is 3.35. The molecule has 0 spiro atoms. The molecule has 2 N–H and O–H groups in total. The predicted octanol–water partition coefficient (Wildman–Crippen LogP) is 3.26. The van der Waals surface area contributed by atoms with Gasteiger partial charge in [0.2, 0.25) is 0 Å². The molecule has 0 amide bonds. The van der Waals surface area contributed by atoms with Crippen LogP contribution in [0.4, 0.5) is 5.00 Å². The molecule has 0 radical (unpaired) electrons. The second-order valence-electron chi connectivity index (χ2n) is 3.54. The molecule has 78 valence electrons. The molecule has 1 aromatic heterocycles. The maximum absolute atomic E-state index is 5.94. The standard InChI is InChI=1S/C12H14N2S/c1-3-10-14-11(12(13)15-10)9-6-4-8(2)5-7-9/h4-7H,3,13H2,1-2H3. The van der Waals surface area contributed by atoms with Gasteiger partial charge < -0.3 is 5.73 Å². The van der Waals surface area contributed by atoms with Gasteiger partial charge in [-0.25, -0.2) is 4.98 Å². The van der Waals surface area contributed by atoms with Crippen molar-refractivity contribution < 1.29 is 0 Å². The van der Waals surface area contributed by atoms with E-state index in [0.717, 1.165) is 27.7 Å². The van der Waals surface area contributed by atoms with Gasteiger partial charge in [0, 0.05) is 5.56 Å².